The molecule has 5 nitrogen and oxygen atoms in total. The number of carboxylic acids is 1. The molecule has 2 unspecified atom stereocenters. The van der Waals surface area contributed by atoms with Crippen LogP contribution in [-0.2, 0) is 11.2 Å². The van der Waals surface area contributed by atoms with Gasteiger partial charge in [-0.3, -0.25) is 14.7 Å². The Bertz CT molecular complexity index is 1300. The second-order valence-corrected chi connectivity index (χ2v) is 9.65. The van der Waals surface area contributed by atoms with Crippen LogP contribution in [0.1, 0.15) is 43.2 Å². The van der Waals surface area contributed by atoms with E-state index in [4.69, 9.17) is 4.74 Å². The molecular formula is C30H32F2N2O3. The number of aromatic nitrogens is 1. The van der Waals surface area contributed by atoms with Crippen molar-refractivity contribution in [1.29, 1.82) is 0 Å². The lowest BCUT2D eigenvalue weighted by molar-refractivity contribution is -0.137. The summed E-state index contributed by atoms with van der Waals surface area (Å²) in [5.41, 5.74) is 2.37. The first-order valence-electron chi connectivity index (χ1n) is 12.7. The normalized spacial score (nSPS) is 17.8. The fourth-order valence-electron chi connectivity index (χ4n) is 5.23. The monoisotopic (exact) mass is 506 g/mol. The largest absolute Gasteiger partial charge is 0.497 e. The van der Waals surface area contributed by atoms with E-state index >= 15 is 0 Å². The highest BCUT2D eigenvalue weighted by atomic mass is 19.1. The highest BCUT2D eigenvalue weighted by Crippen LogP contribution is 2.32. The molecule has 1 aromatic heterocycles. The van der Waals surface area contributed by atoms with E-state index in [0.29, 0.717) is 18.9 Å². The minimum absolute atomic E-state index is 0.149. The average Bonchev–Trinajstić information content (AvgIpc) is 2.89. The van der Waals surface area contributed by atoms with Gasteiger partial charge in [0.25, 0.3) is 0 Å². The molecule has 1 saturated heterocycles. The van der Waals surface area contributed by atoms with Gasteiger partial charge >= 0.3 is 5.97 Å². The lowest BCUT2D eigenvalue weighted by Crippen LogP contribution is -2.41. The van der Waals surface area contributed by atoms with E-state index in [1.54, 1.807) is 7.11 Å². The van der Waals surface area contributed by atoms with Crippen molar-refractivity contribution in [3.05, 3.63) is 71.4 Å². The third-order valence-corrected chi connectivity index (χ3v) is 7.22. The lowest BCUT2D eigenvalue weighted by atomic mass is 9.79. The van der Waals surface area contributed by atoms with Crippen LogP contribution in [-0.4, -0.2) is 47.7 Å². The first-order valence-corrected chi connectivity index (χ1v) is 12.7. The van der Waals surface area contributed by atoms with Gasteiger partial charge in [-0.2, -0.15) is 0 Å². The van der Waals surface area contributed by atoms with Crippen LogP contribution in [0, 0.1) is 35.3 Å². The van der Waals surface area contributed by atoms with Crippen LogP contribution in [0.2, 0.25) is 0 Å². The molecule has 1 aliphatic heterocycles. The first-order chi connectivity index (χ1) is 17.9. The SMILES string of the molecule is COc1ccc2nccc(CCCC3CCN(CC#Cc4ccc(F)cc4F)CC3CCC(=O)O)c2c1. The van der Waals surface area contributed by atoms with Crippen molar-refractivity contribution in [2.75, 3.05) is 26.7 Å². The van der Waals surface area contributed by atoms with Gasteiger partial charge in [0.1, 0.15) is 17.4 Å². The Labute approximate surface area is 216 Å². The Morgan fingerprint density at radius 1 is 1.16 bits per heavy atom. The van der Waals surface area contributed by atoms with E-state index in [0.717, 1.165) is 61.5 Å². The summed E-state index contributed by atoms with van der Waals surface area (Å²) < 4.78 is 32.3. The van der Waals surface area contributed by atoms with Gasteiger partial charge in [0.15, 0.2) is 0 Å². The standard InChI is InChI=1S/C30H32F2N2O3/c1-37-26-10-11-29-27(19-26)22(13-15-33-29)5-2-4-21-14-17-34(20-24(21)8-12-30(35)36)16-3-6-23-7-9-25(31)18-28(23)32/h7,9-11,13,15,18-19,21,24H,2,4-5,8,12,14,16-17,20H2,1H3,(H,35,36). The molecule has 2 heterocycles. The Morgan fingerprint density at radius 2 is 2.03 bits per heavy atom. The number of fused-ring (bicyclic) bond motifs is 1. The summed E-state index contributed by atoms with van der Waals surface area (Å²) in [6, 6.07) is 11.4. The molecule has 4 rings (SSSR count). The Kier molecular flexibility index (Phi) is 9.08. The summed E-state index contributed by atoms with van der Waals surface area (Å²) in [6.45, 7) is 2.11. The average molecular weight is 507 g/mol. The van der Waals surface area contributed by atoms with Crippen molar-refractivity contribution in [1.82, 2.24) is 9.88 Å². The number of ether oxygens (including phenoxy) is 1. The predicted molar refractivity (Wildman–Crippen MR) is 139 cm³/mol. The van der Waals surface area contributed by atoms with E-state index in [-0.39, 0.29) is 17.9 Å². The van der Waals surface area contributed by atoms with Crippen LogP contribution in [0.25, 0.3) is 10.9 Å². The maximum atomic E-state index is 13.8. The second kappa shape index (κ2) is 12.6. The number of aliphatic carboxylic acids is 1. The smallest absolute Gasteiger partial charge is 0.303 e. The minimum Gasteiger partial charge on any atom is -0.497 e. The zero-order valence-corrected chi connectivity index (χ0v) is 21.1. The van der Waals surface area contributed by atoms with Crippen LogP contribution < -0.4 is 4.74 Å². The number of piperidine rings is 1. The molecule has 3 aromatic rings. The number of methoxy groups -OCH3 is 1. The van der Waals surface area contributed by atoms with Crippen molar-refractivity contribution >= 4 is 16.9 Å². The zero-order valence-electron chi connectivity index (χ0n) is 21.1. The summed E-state index contributed by atoms with van der Waals surface area (Å²) in [5.74, 6) is 5.27. The summed E-state index contributed by atoms with van der Waals surface area (Å²) in [6.07, 6.45) is 6.56. The fourth-order valence-corrected chi connectivity index (χ4v) is 5.23. The molecule has 1 fully saturated rings. The molecular weight excluding hydrogens is 474 g/mol. The predicted octanol–water partition coefficient (Wildman–Crippen LogP) is 5.70. The van der Waals surface area contributed by atoms with Crippen LogP contribution >= 0.6 is 0 Å². The van der Waals surface area contributed by atoms with E-state index < -0.39 is 17.6 Å². The van der Waals surface area contributed by atoms with Gasteiger partial charge in [-0.05, 0) is 92.4 Å². The topological polar surface area (TPSA) is 62.7 Å². The van der Waals surface area contributed by atoms with Crippen LogP contribution in [0.4, 0.5) is 8.78 Å². The number of hydrogen-bond donors (Lipinski definition) is 1. The van der Waals surface area contributed by atoms with Crippen LogP contribution in [0.5, 0.6) is 5.75 Å². The highest BCUT2D eigenvalue weighted by molar-refractivity contribution is 5.83. The van der Waals surface area contributed by atoms with Gasteiger partial charge in [-0.1, -0.05) is 11.8 Å². The minimum atomic E-state index is -0.778. The molecule has 0 radical (unpaired) electrons. The Balaban J connectivity index is 1.36. The van der Waals surface area contributed by atoms with Gasteiger partial charge < -0.3 is 9.84 Å². The van der Waals surface area contributed by atoms with Crippen LogP contribution in [0.15, 0.2) is 48.7 Å². The number of benzene rings is 2. The lowest BCUT2D eigenvalue weighted by Gasteiger charge is -2.38. The molecule has 0 spiro atoms. The highest BCUT2D eigenvalue weighted by Gasteiger charge is 2.29. The molecule has 2 atom stereocenters. The van der Waals surface area contributed by atoms with Gasteiger partial charge in [0.2, 0.25) is 0 Å². The summed E-state index contributed by atoms with van der Waals surface area (Å²) in [7, 11) is 1.66. The molecule has 0 bridgehead atoms. The summed E-state index contributed by atoms with van der Waals surface area (Å²) >= 11 is 0. The number of halogens is 2. The van der Waals surface area contributed by atoms with Gasteiger partial charge in [0.05, 0.1) is 24.7 Å². The van der Waals surface area contributed by atoms with Gasteiger partial charge in [0, 0.05) is 30.6 Å². The first kappa shape index (κ1) is 26.6. The summed E-state index contributed by atoms with van der Waals surface area (Å²) in [4.78, 5) is 17.9. The number of carbonyl (C=O) groups is 1. The third-order valence-electron chi connectivity index (χ3n) is 7.22. The van der Waals surface area contributed by atoms with Crippen molar-refractivity contribution in [3.8, 4) is 17.6 Å². The number of pyridine rings is 1. The van der Waals surface area contributed by atoms with E-state index in [1.807, 2.05) is 24.4 Å². The number of hydrogen-bond acceptors (Lipinski definition) is 4. The molecule has 194 valence electrons. The third kappa shape index (κ3) is 7.27. The van der Waals surface area contributed by atoms with Crippen molar-refractivity contribution in [3.63, 3.8) is 0 Å². The molecule has 0 amide bonds. The quantitative estimate of drug-likeness (QED) is 0.377. The van der Waals surface area contributed by atoms with Crippen molar-refractivity contribution < 1.29 is 23.4 Å². The Morgan fingerprint density at radius 3 is 2.81 bits per heavy atom. The second-order valence-electron chi connectivity index (χ2n) is 9.65. The number of rotatable bonds is 9. The van der Waals surface area contributed by atoms with E-state index in [9.17, 15) is 18.7 Å². The fraction of sp³-hybridized carbons (Fsp3) is 0.400. The maximum absolute atomic E-state index is 13.8. The van der Waals surface area contributed by atoms with Crippen molar-refractivity contribution in [2.24, 2.45) is 11.8 Å². The molecule has 1 aliphatic rings. The number of nitrogens with zero attached hydrogens (tertiary/aromatic N) is 2. The molecule has 0 saturated carbocycles. The summed E-state index contributed by atoms with van der Waals surface area (Å²) in [5, 5.41) is 10.4. The van der Waals surface area contributed by atoms with Gasteiger partial charge in [-0.25, -0.2) is 8.78 Å². The number of carboxylic acid groups (broad SMARTS) is 1. The van der Waals surface area contributed by atoms with Crippen LogP contribution in [0.3, 0.4) is 0 Å². The number of aryl methyl sites for hydroxylation is 1. The van der Waals surface area contributed by atoms with E-state index in [2.05, 4.69) is 27.8 Å². The van der Waals surface area contributed by atoms with E-state index in [1.165, 1.54) is 17.7 Å². The molecule has 2 aromatic carbocycles. The van der Waals surface area contributed by atoms with Crippen molar-refractivity contribution in [2.45, 2.75) is 38.5 Å². The Hall–Kier alpha value is -3.50. The van der Waals surface area contributed by atoms with Gasteiger partial charge in [-0.15, -0.1) is 0 Å². The molecule has 0 aliphatic carbocycles. The molecule has 7 heteroatoms. The zero-order chi connectivity index (χ0) is 26.2. The molecule has 1 N–H and O–H groups in total. The maximum Gasteiger partial charge on any atom is 0.303 e. The molecule has 37 heavy (non-hydrogen) atoms. The number of likely N-dealkylation sites (tertiary alicyclic amines) is 1.